The molecule has 1 amide bonds. The van der Waals surface area contributed by atoms with E-state index in [1.165, 1.54) is 18.2 Å². The number of benzene rings is 1. The summed E-state index contributed by atoms with van der Waals surface area (Å²) >= 11 is 0. The summed E-state index contributed by atoms with van der Waals surface area (Å²) in [5.74, 6) is -0.442. The summed E-state index contributed by atoms with van der Waals surface area (Å²) in [6.45, 7) is 3.81. The van der Waals surface area contributed by atoms with E-state index in [9.17, 15) is 9.18 Å². The molecule has 1 aromatic carbocycles. The summed E-state index contributed by atoms with van der Waals surface area (Å²) in [4.78, 5) is 14.1. The third kappa shape index (κ3) is 4.61. The molecular weight excluding hydrogens is 247 g/mol. The molecule has 4 nitrogen and oxygen atoms in total. The number of nitrogens with zero attached hydrogens (tertiary/aromatic N) is 1. The van der Waals surface area contributed by atoms with Gasteiger partial charge < -0.3 is 15.4 Å². The molecule has 0 spiro atoms. The zero-order valence-electron chi connectivity index (χ0n) is 11.5. The van der Waals surface area contributed by atoms with Crippen molar-refractivity contribution < 1.29 is 13.9 Å². The fraction of sp³-hybridized carbons (Fsp3) is 0.500. The molecule has 1 rings (SSSR count). The zero-order chi connectivity index (χ0) is 14.3. The van der Waals surface area contributed by atoms with Gasteiger partial charge in [0.15, 0.2) is 0 Å². The highest BCUT2D eigenvalue weighted by atomic mass is 19.1. The van der Waals surface area contributed by atoms with E-state index < -0.39 is 0 Å². The first-order valence-corrected chi connectivity index (χ1v) is 6.34. The third-order valence-electron chi connectivity index (χ3n) is 2.90. The van der Waals surface area contributed by atoms with Crippen LogP contribution < -0.4 is 5.73 Å². The molecule has 0 atom stereocenters. The highest BCUT2D eigenvalue weighted by molar-refractivity contribution is 5.95. The van der Waals surface area contributed by atoms with Crippen molar-refractivity contribution in [3.8, 4) is 0 Å². The largest absolute Gasteiger partial charge is 0.383 e. The highest BCUT2D eigenvalue weighted by Crippen LogP contribution is 2.13. The van der Waals surface area contributed by atoms with Gasteiger partial charge in [0.25, 0.3) is 5.91 Å². The van der Waals surface area contributed by atoms with Crippen LogP contribution in [0.5, 0.6) is 0 Å². The molecule has 0 aliphatic rings. The van der Waals surface area contributed by atoms with Crippen molar-refractivity contribution >= 4 is 5.91 Å². The molecule has 1 aromatic rings. The second-order valence-corrected chi connectivity index (χ2v) is 4.39. The Morgan fingerprint density at radius 1 is 1.42 bits per heavy atom. The minimum atomic E-state index is -0.334. The first-order valence-electron chi connectivity index (χ1n) is 6.34. The molecule has 0 aliphatic carbocycles. The van der Waals surface area contributed by atoms with Crippen LogP contribution in [-0.2, 0) is 4.74 Å². The normalized spacial score (nSPS) is 10.5. The van der Waals surface area contributed by atoms with E-state index in [0.717, 1.165) is 6.42 Å². The number of carbonyl (C=O) groups excluding carboxylic acids is 1. The Kier molecular flexibility index (Phi) is 6.45. The summed E-state index contributed by atoms with van der Waals surface area (Å²) in [6, 6.07) is 4.19. The van der Waals surface area contributed by atoms with Gasteiger partial charge in [-0.15, -0.1) is 0 Å². The number of hydrogen-bond acceptors (Lipinski definition) is 3. The summed E-state index contributed by atoms with van der Waals surface area (Å²) < 4.78 is 18.1. The molecule has 0 fully saturated rings. The molecule has 0 aromatic heterocycles. The van der Waals surface area contributed by atoms with Crippen molar-refractivity contribution in [2.75, 3.05) is 33.4 Å². The van der Waals surface area contributed by atoms with E-state index in [-0.39, 0.29) is 11.7 Å². The van der Waals surface area contributed by atoms with Gasteiger partial charge in [0.2, 0.25) is 0 Å². The molecule has 0 bridgehead atoms. The van der Waals surface area contributed by atoms with Crippen molar-refractivity contribution in [1.82, 2.24) is 4.90 Å². The van der Waals surface area contributed by atoms with Crippen LogP contribution in [0.15, 0.2) is 18.2 Å². The number of carbonyl (C=O) groups is 1. The van der Waals surface area contributed by atoms with Crippen molar-refractivity contribution in [3.05, 3.63) is 35.1 Å². The van der Waals surface area contributed by atoms with Crippen LogP contribution in [0.25, 0.3) is 0 Å². The average Bonchev–Trinajstić information content (AvgIpc) is 2.38. The number of ether oxygens (including phenoxy) is 1. The lowest BCUT2D eigenvalue weighted by Gasteiger charge is -2.23. The molecule has 0 heterocycles. The van der Waals surface area contributed by atoms with Gasteiger partial charge in [-0.2, -0.15) is 0 Å². The Morgan fingerprint density at radius 3 is 2.74 bits per heavy atom. The quantitative estimate of drug-likeness (QED) is 0.816. The van der Waals surface area contributed by atoms with Crippen molar-refractivity contribution in [1.29, 1.82) is 0 Å². The van der Waals surface area contributed by atoms with Crippen molar-refractivity contribution in [3.63, 3.8) is 0 Å². The maximum atomic E-state index is 13.1. The van der Waals surface area contributed by atoms with Crippen LogP contribution in [0.4, 0.5) is 4.39 Å². The summed E-state index contributed by atoms with van der Waals surface area (Å²) in [6.07, 6.45) is 0.732. The zero-order valence-corrected chi connectivity index (χ0v) is 11.5. The summed E-state index contributed by atoms with van der Waals surface area (Å²) in [5.41, 5.74) is 6.64. The number of hydrogen-bond donors (Lipinski definition) is 1. The van der Waals surface area contributed by atoms with Gasteiger partial charge in [-0.05, 0) is 43.7 Å². The number of aryl methyl sites for hydroxylation is 1. The molecule has 0 saturated carbocycles. The van der Waals surface area contributed by atoms with Crippen LogP contribution in [-0.4, -0.2) is 44.2 Å². The summed E-state index contributed by atoms with van der Waals surface area (Å²) in [5, 5.41) is 0. The van der Waals surface area contributed by atoms with E-state index in [1.54, 1.807) is 18.9 Å². The predicted molar refractivity (Wildman–Crippen MR) is 72.6 cm³/mol. The predicted octanol–water partition coefficient (Wildman–Crippen LogP) is 1.57. The number of amides is 1. The van der Waals surface area contributed by atoms with E-state index in [1.807, 2.05) is 0 Å². The fourth-order valence-corrected chi connectivity index (χ4v) is 1.84. The first kappa shape index (κ1) is 15.6. The third-order valence-corrected chi connectivity index (χ3v) is 2.90. The van der Waals surface area contributed by atoms with Crippen LogP contribution in [0.3, 0.4) is 0 Å². The molecule has 0 unspecified atom stereocenters. The molecule has 0 aliphatic heterocycles. The van der Waals surface area contributed by atoms with Crippen molar-refractivity contribution in [2.24, 2.45) is 5.73 Å². The van der Waals surface area contributed by atoms with Gasteiger partial charge in [0, 0.05) is 25.8 Å². The number of methoxy groups -OCH3 is 1. The van der Waals surface area contributed by atoms with Gasteiger partial charge in [0.05, 0.1) is 6.61 Å². The lowest BCUT2D eigenvalue weighted by atomic mass is 10.1. The molecule has 0 saturated heterocycles. The SMILES string of the molecule is COCCN(CCCN)C(=O)c1ccc(F)cc1C. The van der Waals surface area contributed by atoms with Gasteiger partial charge in [-0.3, -0.25) is 4.79 Å². The Hall–Kier alpha value is -1.46. The Morgan fingerprint density at radius 2 is 2.16 bits per heavy atom. The molecule has 5 heteroatoms. The topological polar surface area (TPSA) is 55.6 Å². The van der Waals surface area contributed by atoms with E-state index in [4.69, 9.17) is 10.5 Å². The number of rotatable bonds is 7. The molecule has 19 heavy (non-hydrogen) atoms. The van der Waals surface area contributed by atoms with E-state index in [2.05, 4.69) is 0 Å². The Bertz CT molecular complexity index is 416. The molecule has 2 N–H and O–H groups in total. The standard InChI is InChI=1S/C14H21FN2O2/c1-11-10-12(15)4-5-13(11)14(18)17(7-3-6-16)8-9-19-2/h4-5,10H,3,6-9,16H2,1-2H3. The second kappa shape index (κ2) is 7.86. The molecular formula is C14H21FN2O2. The van der Waals surface area contributed by atoms with Crippen LogP contribution >= 0.6 is 0 Å². The second-order valence-electron chi connectivity index (χ2n) is 4.39. The summed E-state index contributed by atoms with van der Waals surface area (Å²) in [7, 11) is 1.59. The lowest BCUT2D eigenvalue weighted by molar-refractivity contribution is 0.0694. The monoisotopic (exact) mass is 268 g/mol. The average molecular weight is 268 g/mol. The van der Waals surface area contributed by atoms with E-state index in [0.29, 0.717) is 37.4 Å². The van der Waals surface area contributed by atoms with Gasteiger partial charge in [-0.1, -0.05) is 0 Å². The highest BCUT2D eigenvalue weighted by Gasteiger charge is 2.17. The Labute approximate surface area is 113 Å². The minimum absolute atomic E-state index is 0.108. The van der Waals surface area contributed by atoms with Gasteiger partial charge in [-0.25, -0.2) is 4.39 Å². The van der Waals surface area contributed by atoms with Gasteiger partial charge in [0.1, 0.15) is 5.82 Å². The maximum Gasteiger partial charge on any atom is 0.254 e. The van der Waals surface area contributed by atoms with Crippen LogP contribution in [0.2, 0.25) is 0 Å². The fourth-order valence-electron chi connectivity index (χ4n) is 1.84. The van der Waals surface area contributed by atoms with Gasteiger partial charge >= 0.3 is 0 Å². The van der Waals surface area contributed by atoms with Crippen molar-refractivity contribution in [2.45, 2.75) is 13.3 Å². The maximum absolute atomic E-state index is 13.1. The first-order chi connectivity index (χ1) is 9.10. The van der Waals surface area contributed by atoms with Crippen LogP contribution in [0.1, 0.15) is 22.3 Å². The number of nitrogens with two attached hydrogens (primary N) is 1. The smallest absolute Gasteiger partial charge is 0.254 e. The minimum Gasteiger partial charge on any atom is -0.383 e. The van der Waals surface area contributed by atoms with E-state index >= 15 is 0 Å². The number of halogens is 1. The molecule has 106 valence electrons. The molecule has 0 radical (unpaired) electrons. The lowest BCUT2D eigenvalue weighted by Crippen LogP contribution is -2.36. The van der Waals surface area contributed by atoms with Crippen LogP contribution in [0, 0.1) is 12.7 Å². The Balaban J connectivity index is 2.84.